The molecule has 1 aliphatic heterocycles. The monoisotopic (exact) mass is 327 g/mol. The summed E-state index contributed by atoms with van der Waals surface area (Å²) in [4.78, 5) is 26.3. The van der Waals surface area contributed by atoms with Crippen molar-refractivity contribution in [2.75, 3.05) is 12.0 Å². The van der Waals surface area contributed by atoms with Gasteiger partial charge in [-0.25, -0.2) is 0 Å². The molecule has 6 nitrogen and oxygen atoms in total. The first-order chi connectivity index (χ1) is 11.6. The van der Waals surface area contributed by atoms with Crippen LogP contribution in [0.15, 0.2) is 58.4 Å². The maximum atomic E-state index is 12.7. The van der Waals surface area contributed by atoms with Crippen LogP contribution in [0.2, 0.25) is 0 Å². The second-order valence-corrected chi connectivity index (χ2v) is 5.30. The summed E-state index contributed by atoms with van der Waals surface area (Å²) in [6.07, 6.45) is 1.63. The van der Waals surface area contributed by atoms with Crippen LogP contribution >= 0.6 is 0 Å². The second-order valence-electron chi connectivity index (χ2n) is 5.30. The van der Waals surface area contributed by atoms with Crippen LogP contribution in [0.25, 0.3) is 0 Å². The molecule has 24 heavy (non-hydrogen) atoms. The summed E-state index contributed by atoms with van der Waals surface area (Å²) in [6, 6.07) is 9.44. The maximum Gasteiger partial charge on any atom is 0.294 e. The van der Waals surface area contributed by atoms with Gasteiger partial charge in [0.25, 0.3) is 5.91 Å². The van der Waals surface area contributed by atoms with Crippen molar-refractivity contribution in [3.8, 4) is 5.75 Å². The first-order valence-corrected chi connectivity index (χ1v) is 7.56. The third-order valence-corrected chi connectivity index (χ3v) is 3.99. The number of ketones is 1. The molecule has 1 aromatic carbocycles. The Kier molecular flexibility index (Phi) is 4.12. The zero-order valence-corrected chi connectivity index (χ0v) is 13.4. The average Bonchev–Trinajstić information content (AvgIpc) is 3.22. The molecule has 0 spiro atoms. The molecule has 1 unspecified atom stereocenters. The summed E-state index contributed by atoms with van der Waals surface area (Å²) in [7, 11) is 1.49. The maximum absolute atomic E-state index is 12.7. The lowest BCUT2D eigenvalue weighted by molar-refractivity contribution is -0.118. The Morgan fingerprint density at radius 1 is 1.29 bits per heavy atom. The molecule has 0 radical (unpaired) electrons. The molecule has 124 valence electrons. The lowest BCUT2D eigenvalue weighted by atomic mass is 9.99. The Balaban J connectivity index is 2.19. The van der Waals surface area contributed by atoms with Crippen LogP contribution in [0.4, 0.5) is 5.69 Å². The van der Waals surface area contributed by atoms with Crippen LogP contribution in [-0.4, -0.2) is 23.9 Å². The fraction of sp³-hybridized carbons (Fsp3) is 0.222. The summed E-state index contributed by atoms with van der Waals surface area (Å²) in [5.74, 6) is -0.651. The smallest absolute Gasteiger partial charge is 0.294 e. The Labute approximate surface area is 138 Å². The fourth-order valence-electron chi connectivity index (χ4n) is 2.87. The average molecular weight is 327 g/mol. The van der Waals surface area contributed by atoms with Gasteiger partial charge in [-0.15, -0.1) is 0 Å². The van der Waals surface area contributed by atoms with E-state index in [-0.39, 0.29) is 17.8 Å². The largest absolute Gasteiger partial charge is 0.503 e. The van der Waals surface area contributed by atoms with Gasteiger partial charge in [-0.2, -0.15) is 0 Å². The van der Waals surface area contributed by atoms with E-state index in [1.807, 2.05) is 0 Å². The van der Waals surface area contributed by atoms with E-state index in [0.717, 1.165) is 0 Å². The van der Waals surface area contributed by atoms with Crippen LogP contribution in [0.3, 0.4) is 0 Å². The number of aliphatic hydroxyl groups excluding tert-OH is 1. The van der Waals surface area contributed by atoms with E-state index in [2.05, 4.69) is 0 Å². The highest BCUT2D eigenvalue weighted by Crippen LogP contribution is 2.44. The van der Waals surface area contributed by atoms with Gasteiger partial charge in [0.2, 0.25) is 0 Å². The van der Waals surface area contributed by atoms with Crippen LogP contribution in [-0.2, 0) is 9.59 Å². The molecular weight excluding hydrogens is 310 g/mol. The third-order valence-electron chi connectivity index (χ3n) is 3.99. The number of carbonyl (C=O) groups excluding carboxylic acids is 2. The number of methoxy groups -OCH3 is 1. The Morgan fingerprint density at radius 2 is 2.04 bits per heavy atom. The number of Topliss-reactive ketones (excluding diaryl/α,β-unsaturated/α-hetero) is 1. The van der Waals surface area contributed by atoms with Crippen LogP contribution in [0, 0.1) is 0 Å². The van der Waals surface area contributed by atoms with E-state index in [9.17, 15) is 14.7 Å². The zero-order chi connectivity index (χ0) is 17.3. The topological polar surface area (TPSA) is 80.0 Å². The van der Waals surface area contributed by atoms with Gasteiger partial charge < -0.3 is 14.3 Å². The van der Waals surface area contributed by atoms with Gasteiger partial charge in [-0.3, -0.25) is 14.5 Å². The number of ether oxygens (including phenoxy) is 1. The van der Waals surface area contributed by atoms with Crippen LogP contribution < -0.4 is 9.64 Å². The number of hydrogen-bond donors (Lipinski definition) is 1. The molecule has 0 aliphatic carbocycles. The van der Waals surface area contributed by atoms with Crippen molar-refractivity contribution in [1.82, 2.24) is 0 Å². The molecule has 2 aromatic rings. The number of benzene rings is 1. The summed E-state index contributed by atoms with van der Waals surface area (Å²) in [5, 5.41) is 10.3. The first-order valence-electron chi connectivity index (χ1n) is 7.56. The van der Waals surface area contributed by atoms with Gasteiger partial charge in [0.15, 0.2) is 11.5 Å². The predicted molar refractivity (Wildman–Crippen MR) is 86.9 cm³/mol. The highest BCUT2D eigenvalue weighted by atomic mass is 16.5. The number of hydrogen-bond acceptors (Lipinski definition) is 5. The van der Waals surface area contributed by atoms with E-state index in [4.69, 9.17) is 9.15 Å². The van der Waals surface area contributed by atoms with E-state index in [0.29, 0.717) is 17.2 Å². The predicted octanol–water partition coefficient (Wildman–Crippen LogP) is 3.17. The molecule has 2 heterocycles. The highest BCUT2D eigenvalue weighted by molar-refractivity contribution is 6.16. The molecule has 1 aliphatic rings. The molecule has 3 rings (SSSR count). The summed E-state index contributed by atoms with van der Waals surface area (Å²) < 4.78 is 10.8. The summed E-state index contributed by atoms with van der Waals surface area (Å²) in [6.45, 7) is 1.68. The van der Waals surface area contributed by atoms with Crippen LogP contribution in [0.5, 0.6) is 5.75 Å². The number of anilines is 1. The number of furan rings is 1. The number of carbonyl (C=O) groups is 2. The minimum absolute atomic E-state index is 0.0448. The van der Waals surface area contributed by atoms with Gasteiger partial charge in [0, 0.05) is 6.42 Å². The summed E-state index contributed by atoms with van der Waals surface area (Å²) in [5.41, 5.74) is 0.500. The molecule has 6 heteroatoms. The number of para-hydroxylation sites is 2. The molecule has 1 aromatic heterocycles. The zero-order valence-electron chi connectivity index (χ0n) is 13.4. The fourth-order valence-corrected chi connectivity index (χ4v) is 2.87. The minimum Gasteiger partial charge on any atom is -0.503 e. The van der Waals surface area contributed by atoms with Crippen molar-refractivity contribution in [2.24, 2.45) is 0 Å². The normalized spacial score (nSPS) is 17.5. The van der Waals surface area contributed by atoms with Crippen molar-refractivity contribution < 1.29 is 23.8 Å². The standard InChI is InChI=1S/C18H17NO5/c1-3-12(20)15-16(14-9-6-10-24-14)19(18(22)17(15)21)11-7-4-5-8-13(11)23-2/h4-10,16,21H,3H2,1-2H3. The SMILES string of the molecule is CCC(=O)C1=C(O)C(=O)N(c2ccccc2OC)C1c1ccco1. The first kappa shape index (κ1) is 15.9. The van der Waals surface area contributed by atoms with E-state index in [1.165, 1.54) is 18.3 Å². The summed E-state index contributed by atoms with van der Waals surface area (Å²) >= 11 is 0. The molecule has 0 bridgehead atoms. The third kappa shape index (κ3) is 2.36. The van der Waals surface area contributed by atoms with Gasteiger partial charge in [0.1, 0.15) is 17.6 Å². The van der Waals surface area contributed by atoms with Gasteiger partial charge in [-0.05, 0) is 24.3 Å². The Morgan fingerprint density at radius 3 is 2.67 bits per heavy atom. The number of amides is 1. The molecule has 0 fully saturated rings. The number of rotatable bonds is 5. The highest BCUT2D eigenvalue weighted by Gasteiger charge is 2.46. The van der Waals surface area contributed by atoms with Gasteiger partial charge in [-0.1, -0.05) is 19.1 Å². The van der Waals surface area contributed by atoms with Crippen molar-refractivity contribution in [2.45, 2.75) is 19.4 Å². The van der Waals surface area contributed by atoms with Crippen molar-refractivity contribution >= 4 is 17.4 Å². The molecule has 1 amide bonds. The lowest BCUT2D eigenvalue weighted by Gasteiger charge is -2.26. The van der Waals surface area contributed by atoms with Gasteiger partial charge >= 0.3 is 0 Å². The molecule has 0 saturated carbocycles. The van der Waals surface area contributed by atoms with Crippen LogP contribution in [0.1, 0.15) is 25.1 Å². The van der Waals surface area contributed by atoms with E-state index < -0.39 is 17.7 Å². The van der Waals surface area contributed by atoms with Crippen molar-refractivity contribution in [3.05, 3.63) is 59.8 Å². The van der Waals surface area contributed by atoms with Crippen molar-refractivity contribution in [1.29, 1.82) is 0 Å². The van der Waals surface area contributed by atoms with Crippen molar-refractivity contribution in [3.63, 3.8) is 0 Å². The molecule has 1 N–H and O–H groups in total. The van der Waals surface area contributed by atoms with E-state index in [1.54, 1.807) is 43.3 Å². The number of aliphatic hydroxyl groups is 1. The number of nitrogens with zero attached hydrogens (tertiary/aromatic N) is 1. The molecule has 1 atom stereocenters. The quantitative estimate of drug-likeness (QED) is 0.912. The Bertz CT molecular complexity index is 807. The van der Waals surface area contributed by atoms with E-state index >= 15 is 0 Å². The molecule has 0 saturated heterocycles. The minimum atomic E-state index is -0.823. The molecular formula is C18H17NO5. The van der Waals surface area contributed by atoms with Gasteiger partial charge in [0.05, 0.1) is 24.6 Å². The second kappa shape index (κ2) is 6.23. The Hall–Kier alpha value is -3.02. The lowest BCUT2D eigenvalue weighted by Crippen LogP contribution is -2.31.